The van der Waals surface area contributed by atoms with Crippen molar-refractivity contribution < 1.29 is 4.79 Å². The quantitative estimate of drug-likeness (QED) is 0.842. The van der Waals surface area contributed by atoms with E-state index < -0.39 is 0 Å². The summed E-state index contributed by atoms with van der Waals surface area (Å²) in [5, 5.41) is 6.80. The molecule has 13 heavy (non-hydrogen) atoms. The van der Waals surface area contributed by atoms with Gasteiger partial charge in [0.15, 0.2) is 0 Å². The lowest BCUT2D eigenvalue weighted by atomic mass is 10.4. The fraction of sp³-hybridized carbons (Fsp3) is 0.500. The van der Waals surface area contributed by atoms with Crippen LogP contribution in [0.1, 0.15) is 13.3 Å². The average Bonchev–Trinajstić information content (AvgIpc) is 2.48. The molecular formula is C8H12IN3O. The molecule has 1 amide bonds. The molecule has 0 unspecified atom stereocenters. The summed E-state index contributed by atoms with van der Waals surface area (Å²) >= 11 is 2.16. The molecule has 0 aliphatic rings. The van der Waals surface area contributed by atoms with Gasteiger partial charge in [0.2, 0.25) is 5.91 Å². The third-order valence-corrected chi connectivity index (χ3v) is 2.04. The first-order valence-corrected chi connectivity index (χ1v) is 5.25. The van der Waals surface area contributed by atoms with Gasteiger partial charge in [-0.3, -0.25) is 9.48 Å². The van der Waals surface area contributed by atoms with Crippen LogP contribution in [0.15, 0.2) is 12.4 Å². The van der Waals surface area contributed by atoms with Crippen molar-refractivity contribution in [2.75, 3.05) is 6.54 Å². The van der Waals surface area contributed by atoms with Crippen LogP contribution >= 0.6 is 22.6 Å². The SMILES string of the molecule is CCCNC(=O)Cn1cc(I)cn1. The monoisotopic (exact) mass is 293 g/mol. The normalized spacial score (nSPS) is 10.0. The Morgan fingerprint density at radius 3 is 3.08 bits per heavy atom. The van der Waals surface area contributed by atoms with Crippen molar-refractivity contribution in [3.63, 3.8) is 0 Å². The van der Waals surface area contributed by atoms with E-state index in [0.29, 0.717) is 6.54 Å². The van der Waals surface area contributed by atoms with Crippen molar-refractivity contribution in [2.24, 2.45) is 0 Å². The third-order valence-electron chi connectivity index (χ3n) is 1.48. The number of nitrogens with one attached hydrogen (secondary N) is 1. The number of carbonyl (C=O) groups is 1. The molecule has 0 atom stereocenters. The third kappa shape index (κ3) is 3.75. The van der Waals surface area contributed by atoms with Crippen molar-refractivity contribution in [3.05, 3.63) is 16.0 Å². The van der Waals surface area contributed by atoms with E-state index in [1.807, 2.05) is 13.1 Å². The van der Waals surface area contributed by atoms with Crippen molar-refractivity contribution in [1.29, 1.82) is 0 Å². The molecule has 0 aliphatic carbocycles. The number of carbonyl (C=O) groups excluding carboxylic acids is 1. The Balaban J connectivity index is 2.36. The van der Waals surface area contributed by atoms with E-state index >= 15 is 0 Å². The first-order chi connectivity index (χ1) is 6.22. The molecule has 4 nitrogen and oxygen atoms in total. The lowest BCUT2D eigenvalue weighted by molar-refractivity contribution is -0.121. The number of hydrogen-bond donors (Lipinski definition) is 1. The highest BCUT2D eigenvalue weighted by molar-refractivity contribution is 14.1. The molecule has 0 fully saturated rings. The molecule has 0 saturated carbocycles. The van der Waals surface area contributed by atoms with Crippen LogP contribution in [0.3, 0.4) is 0 Å². The lowest BCUT2D eigenvalue weighted by Crippen LogP contribution is -2.28. The zero-order valence-electron chi connectivity index (χ0n) is 7.46. The van der Waals surface area contributed by atoms with Crippen molar-refractivity contribution in [2.45, 2.75) is 19.9 Å². The smallest absolute Gasteiger partial charge is 0.241 e. The maximum absolute atomic E-state index is 11.2. The van der Waals surface area contributed by atoms with Crippen LogP contribution in [0.2, 0.25) is 0 Å². The van der Waals surface area contributed by atoms with Gasteiger partial charge in [0.05, 0.1) is 9.77 Å². The van der Waals surface area contributed by atoms with Gasteiger partial charge in [0.1, 0.15) is 6.54 Å². The van der Waals surface area contributed by atoms with E-state index in [2.05, 4.69) is 33.0 Å². The molecular weight excluding hydrogens is 281 g/mol. The first-order valence-electron chi connectivity index (χ1n) is 4.17. The minimum absolute atomic E-state index is 0.0151. The summed E-state index contributed by atoms with van der Waals surface area (Å²) in [6.45, 7) is 3.07. The standard InChI is InChI=1S/C8H12IN3O/c1-2-3-10-8(13)6-12-5-7(9)4-11-12/h4-5H,2-3,6H2,1H3,(H,10,13). The van der Waals surface area contributed by atoms with Crippen LogP contribution in [-0.2, 0) is 11.3 Å². The van der Waals surface area contributed by atoms with E-state index in [0.717, 1.165) is 16.5 Å². The summed E-state index contributed by atoms with van der Waals surface area (Å²) in [4.78, 5) is 11.2. The molecule has 72 valence electrons. The summed E-state index contributed by atoms with van der Waals surface area (Å²) in [5.74, 6) is 0.0151. The van der Waals surface area contributed by atoms with Gasteiger partial charge in [-0.1, -0.05) is 6.92 Å². The molecule has 0 radical (unpaired) electrons. The molecule has 1 aromatic rings. The van der Waals surface area contributed by atoms with Crippen LogP contribution in [0.25, 0.3) is 0 Å². The van der Waals surface area contributed by atoms with Crippen LogP contribution < -0.4 is 5.32 Å². The molecule has 1 heterocycles. The predicted octanol–water partition coefficient (Wildman–Crippen LogP) is 1.01. The van der Waals surface area contributed by atoms with Gasteiger partial charge in [-0.05, 0) is 29.0 Å². The van der Waals surface area contributed by atoms with E-state index in [1.165, 1.54) is 0 Å². The van der Waals surface area contributed by atoms with Crippen LogP contribution in [-0.4, -0.2) is 22.2 Å². The highest BCUT2D eigenvalue weighted by Gasteiger charge is 2.01. The molecule has 0 spiro atoms. The highest BCUT2D eigenvalue weighted by Crippen LogP contribution is 2.00. The Morgan fingerprint density at radius 2 is 2.54 bits per heavy atom. The van der Waals surface area contributed by atoms with Crippen LogP contribution in [0.4, 0.5) is 0 Å². The number of nitrogens with zero attached hydrogens (tertiary/aromatic N) is 2. The topological polar surface area (TPSA) is 46.9 Å². The summed E-state index contributed by atoms with van der Waals surface area (Å²) in [7, 11) is 0. The summed E-state index contributed by atoms with van der Waals surface area (Å²) in [6, 6.07) is 0. The Labute approximate surface area is 90.8 Å². The largest absolute Gasteiger partial charge is 0.355 e. The average molecular weight is 293 g/mol. The van der Waals surface area contributed by atoms with Crippen molar-refractivity contribution >= 4 is 28.5 Å². The lowest BCUT2D eigenvalue weighted by Gasteiger charge is -2.02. The molecule has 5 heteroatoms. The van der Waals surface area contributed by atoms with Gasteiger partial charge in [0.25, 0.3) is 0 Å². The number of halogens is 1. The molecule has 1 aromatic heterocycles. The Hall–Kier alpha value is -0.590. The molecule has 0 aliphatic heterocycles. The summed E-state index contributed by atoms with van der Waals surface area (Å²) in [6.07, 6.45) is 4.53. The van der Waals surface area contributed by atoms with Crippen LogP contribution in [0, 0.1) is 3.57 Å². The fourth-order valence-corrected chi connectivity index (χ4v) is 1.34. The Kier molecular flexibility index (Phi) is 4.20. The Morgan fingerprint density at radius 1 is 1.77 bits per heavy atom. The fourth-order valence-electron chi connectivity index (χ4n) is 0.892. The molecule has 0 aromatic carbocycles. The van der Waals surface area contributed by atoms with Gasteiger partial charge in [-0.25, -0.2) is 0 Å². The number of amides is 1. The van der Waals surface area contributed by atoms with Gasteiger partial charge in [-0.2, -0.15) is 5.10 Å². The molecule has 1 rings (SSSR count). The maximum atomic E-state index is 11.2. The molecule has 1 N–H and O–H groups in total. The summed E-state index contributed by atoms with van der Waals surface area (Å²) in [5.41, 5.74) is 0. The van der Waals surface area contributed by atoms with Gasteiger partial charge >= 0.3 is 0 Å². The minimum atomic E-state index is 0.0151. The van der Waals surface area contributed by atoms with Crippen molar-refractivity contribution in [3.8, 4) is 0 Å². The van der Waals surface area contributed by atoms with Crippen LogP contribution in [0.5, 0.6) is 0 Å². The highest BCUT2D eigenvalue weighted by atomic mass is 127. The second-order valence-corrected chi connectivity index (χ2v) is 3.95. The van der Waals surface area contributed by atoms with E-state index in [4.69, 9.17) is 0 Å². The Bertz CT molecular complexity index is 285. The molecule has 0 saturated heterocycles. The summed E-state index contributed by atoms with van der Waals surface area (Å²) < 4.78 is 2.67. The first kappa shape index (κ1) is 10.5. The van der Waals surface area contributed by atoms with E-state index in [9.17, 15) is 4.79 Å². The minimum Gasteiger partial charge on any atom is -0.355 e. The predicted molar refractivity (Wildman–Crippen MR) is 58.2 cm³/mol. The second kappa shape index (κ2) is 5.21. The number of aromatic nitrogens is 2. The van der Waals surface area contributed by atoms with Gasteiger partial charge < -0.3 is 5.32 Å². The second-order valence-electron chi connectivity index (χ2n) is 2.71. The number of hydrogen-bond acceptors (Lipinski definition) is 2. The molecule has 0 bridgehead atoms. The number of rotatable bonds is 4. The van der Waals surface area contributed by atoms with E-state index in [-0.39, 0.29) is 5.91 Å². The van der Waals surface area contributed by atoms with Crippen molar-refractivity contribution in [1.82, 2.24) is 15.1 Å². The maximum Gasteiger partial charge on any atom is 0.241 e. The zero-order valence-corrected chi connectivity index (χ0v) is 9.61. The zero-order chi connectivity index (χ0) is 9.68. The van der Waals surface area contributed by atoms with Gasteiger partial charge in [0, 0.05) is 12.7 Å². The van der Waals surface area contributed by atoms with Gasteiger partial charge in [-0.15, -0.1) is 0 Å². The van der Waals surface area contributed by atoms with E-state index in [1.54, 1.807) is 10.9 Å².